The minimum absolute atomic E-state index is 0.171. The Hall–Kier alpha value is -1.07. The average Bonchev–Trinajstić information content (AvgIpc) is 2.99. The maximum absolute atomic E-state index is 12.2. The van der Waals surface area contributed by atoms with Crippen molar-refractivity contribution in [2.75, 3.05) is 24.5 Å². The fourth-order valence-corrected chi connectivity index (χ4v) is 3.43. The molecule has 1 N–H and O–H groups in total. The number of fused-ring (bicyclic) bond motifs is 1. The first-order valence-electron chi connectivity index (χ1n) is 6.95. The molecule has 0 radical (unpaired) electrons. The molecule has 0 aromatic carbocycles. The Morgan fingerprint density at radius 1 is 1.53 bits per heavy atom. The summed E-state index contributed by atoms with van der Waals surface area (Å²) >= 11 is 6.27. The lowest BCUT2D eigenvalue weighted by atomic mass is 10.1. The van der Waals surface area contributed by atoms with Crippen LogP contribution in [0.4, 0.5) is 5.69 Å². The fraction of sp³-hybridized carbons (Fsp3) is 0.692. The molecular formula is C13H19ClN4O. The summed E-state index contributed by atoms with van der Waals surface area (Å²) in [5.41, 5.74) is 0.630. The number of rotatable bonds is 3. The maximum atomic E-state index is 12.2. The first-order chi connectivity index (χ1) is 9.22. The molecule has 2 atom stereocenters. The summed E-state index contributed by atoms with van der Waals surface area (Å²) in [4.78, 5) is 14.4. The Labute approximate surface area is 117 Å². The number of hydrogen-bond donors (Lipinski definition) is 1. The number of nitrogens with one attached hydrogen (secondary N) is 1. The summed E-state index contributed by atoms with van der Waals surface area (Å²) in [5.74, 6) is 0.675. The first kappa shape index (κ1) is 12.9. The number of aryl methyl sites for hydroxylation is 1. The van der Waals surface area contributed by atoms with E-state index in [2.05, 4.69) is 15.3 Å². The predicted octanol–water partition coefficient (Wildman–Crippen LogP) is 1.10. The van der Waals surface area contributed by atoms with Crippen molar-refractivity contribution >= 4 is 17.3 Å². The predicted molar refractivity (Wildman–Crippen MR) is 75.9 cm³/mol. The van der Waals surface area contributed by atoms with Crippen LogP contribution in [-0.4, -0.2) is 35.5 Å². The van der Waals surface area contributed by atoms with Crippen LogP contribution in [0.5, 0.6) is 0 Å². The van der Waals surface area contributed by atoms with E-state index >= 15 is 0 Å². The van der Waals surface area contributed by atoms with E-state index in [-0.39, 0.29) is 5.56 Å². The molecule has 0 amide bonds. The Bertz CT molecular complexity index is 530. The molecule has 1 aromatic heterocycles. The highest BCUT2D eigenvalue weighted by atomic mass is 35.5. The third kappa shape index (κ3) is 2.15. The van der Waals surface area contributed by atoms with Gasteiger partial charge in [0.1, 0.15) is 5.02 Å². The molecule has 0 saturated carbocycles. The van der Waals surface area contributed by atoms with Gasteiger partial charge in [0.05, 0.1) is 11.9 Å². The van der Waals surface area contributed by atoms with Crippen molar-refractivity contribution in [3.05, 3.63) is 21.6 Å². The van der Waals surface area contributed by atoms with Crippen LogP contribution in [0.3, 0.4) is 0 Å². The first-order valence-corrected chi connectivity index (χ1v) is 7.33. The van der Waals surface area contributed by atoms with Crippen molar-refractivity contribution in [1.82, 2.24) is 15.1 Å². The van der Waals surface area contributed by atoms with Crippen LogP contribution in [0.25, 0.3) is 0 Å². The highest BCUT2D eigenvalue weighted by Gasteiger charge is 2.38. The van der Waals surface area contributed by atoms with E-state index in [4.69, 9.17) is 11.6 Å². The molecule has 0 spiro atoms. The molecule has 0 aliphatic carbocycles. The van der Waals surface area contributed by atoms with Gasteiger partial charge in [0.25, 0.3) is 5.56 Å². The van der Waals surface area contributed by atoms with Crippen LogP contribution in [0, 0.1) is 5.92 Å². The van der Waals surface area contributed by atoms with Crippen LogP contribution in [0.1, 0.15) is 19.8 Å². The monoisotopic (exact) mass is 282 g/mol. The second-order valence-corrected chi connectivity index (χ2v) is 5.72. The molecule has 2 aliphatic heterocycles. The van der Waals surface area contributed by atoms with E-state index in [0.29, 0.717) is 23.5 Å². The summed E-state index contributed by atoms with van der Waals surface area (Å²) in [5, 5.41) is 7.96. The summed E-state index contributed by atoms with van der Waals surface area (Å²) < 4.78 is 1.45. The second-order valence-electron chi connectivity index (χ2n) is 5.34. The average molecular weight is 283 g/mol. The molecule has 19 heavy (non-hydrogen) atoms. The van der Waals surface area contributed by atoms with E-state index < -0.39 is 0 Å². The quantitative estimate of drug-likeness (QED) is 0.902. The highest BCUT2D eigenvalue weighted by molar-refractivity contribution is 6.33. The van der Waals surface area contributed by atoms with Crippen molar-refractivity contribution < 1.29 is 0 Å². The summed E-state index contributed by atoms with van der Waals surface area (Å²) in [6.07, 6.45) is 3.78. The molecule has 0 unspecified atom stereocenters. The third-order valence-corrected chi connectivity index (χ3v) is 4.51. The smallest absolute Gasteiger partial charge is 0.287 e. The minimum atomic E-state index is -0.171. The summed E-state index contributed by atoms with van der Waals surface area (Å²) in [6, 6.07) is 0.459. The number of aromatic nitrogens is 2. The van der Waals surface area contributed by atoms with E-state index in [1.807, 2.05) is 6.92 Å². The van der Waals surface area contributed by atoms with Crippen molar-refractivity contribution in [2.24, 2.45) is 5.92 Å². The maximum Gasteiger partial charge on any atom is 0.287 e. The molecule has 5 nitrogen and oxygen atoms in total. The van der Waals surface area contributed by atoms with E-state index in [1.165, 1.54) is 4.68 Å². The van der Waals surface area contributed by atoms with Gasteiger partial charge in [-0.25, -0.2) is 4.68 Å². The lowest BCUT2D eigenvalue weighted by Crippen LogP contribution is -2.36. The Morgan fingerprint density at radius 3 is 3.16 bits per heavy atom. The molecule has 3 heterocycles. The lowest BCUT2D eigenvalue weighted by Gasteiger charge is -2.26. The van der Waals surface area contributed by atoms with Gasteiger partial charge < -0.3 is 10.2 Å². The lowest BCUT2D eigenvalue weighted by molar-refractivity contribution is 0.561. The van der Waals surface area contributed by atoms with Crippen LogP contribution < -0.4 is 15.8 Å². The van der Waals surface area contributed by atoms with Gasteiger partial charge in [-0.1, -0.05) is 18.5 Å². The van der Waals surface area contributed by atoms with Gasteiger partial charge >= 0.3 is 0 Å². The third-order valence-electron chi connectivity index (χ3n) is 4.16. The second kappa shape index (κ2) is 5.13. The van der Waals surface area contributed by atoms with E-state index in [0.717, 1.165) is 38.2 Å². The van der Waals surface area contributed by atoms with Crippen LogP contribution >= 0.6 is 11.6 Å². The number of nitrogens with zero attached hydrogens (tertiary/aromatic N) is 3. The molecule has 2 aliphatic rings. The van der Waals surface area contributed by atoms with Crippen molar-refractivity contribution in [1.29, 1.82) is 0 Å². The topological polar surface area (TPSA) is 50.2 Å². The Kier molecular flexibility index (Phi) is 3.50. The number of hydrogen-bond acceptors (Lipinski definition) is 4. The number of anilines is 1. The minimum Gasteiger partial charge on any atom is -0.364 e. The van der Waals surface area contributed by atoms with Gasteiger partial charge in [0, 0.05) is 32.2 Å². The summed E-state index contributed by atoms with van der Waals surface area (Å²) in [7, 11) is 0. The van der Waals surface area contributed by atoms with Crippen molar-refractivity contribution in [2.45, 2.75) is 32.4 Å². The van der Waals surface area contributed by atoms with Gasteiger partial charge in [-0.3, -0.25) is 4.79 Å². The zero-order valence-electron chi connectivity index (χ0n) is 11.1. The standard InChI is InChI=1S/C13H19ClN4O/c1-2-4-18-13(19)12(14)11(8-16-18)17-5-3-9-6-15-7-10(9)17/h8-10,15H,2-7H2,1H3/t9-,10+/m0/s1. The molecule has 3 rings (SSSR count). The van der Waals surface area contributed by atoms with Gasteiger partial charge in [-0.05, 0) is 18.8 Å². The normalized spacial score (nSPS) is 25.9. The molecule has 2 saturated heterocycles. The van der Waals surface area contributed by atoms with E-state index in [1.54, 1.807) is 6.20 Å². The van der Waals surface area contributed by atoms with Crippen LogP contribution in [0.2, 0.25) is 5.02 Å². The molecular weight excluding hydrogens is 264 g/mol. The summed E-state index contributed by atoms with van der Waals surface area (Å²) in [6.45, 7) is 5.64. The molecule has 1 aromatic rings. The SMILES string of the molecule is CCCn1ncc(N2CC[C@H]3CNC[C@H]32)c(Cl)c1=O. The van der Waals surface area contributed by atoms with Gasteiger partial charge in [0.15, 0.2) is 0 Å². The Balaban J connectivity index is 1.93. The van der Waals surface area contributed by atoms with Gasteiger partial charge in [-0.2, -0.15) is 5.10 Å². The van der Waals surface area contributed by atoms with Gasteiger partial charge in [0.2, 0.25) is 0 Å². The number of halogens is 1. The van der Waals surface area contributed by atoms with Gasteiger partial charge in [-0.15, -0.1) is 0 Å². The van der Waals surface area contributed by atoms with E-state index in [9.17, 15) is 4.79 Å². The molecule has 0 bridgehead atoms. The van der Waals surface area contributed by atoms with Crippen molar-refractivity contribution in [3.8, 4) is 0 Å². The zero-order valence-corrected chi connectivity index (χ0v) is 11.9. The zero-order chi connectivity index (χ0) is 13.4. The van der Waals surface area contributed by atoms with Crippen LogP contribution in [-0.2, 0) is 6.54 Å². The van der Waals surface area contributed by atoms with Crippen LogP contribution in [0.15, 0.2) is 11.0 Å². The van der Waals surface area contributed by atoms with Crippen molar-refractivity contribution in [3.63, 3.8) is 0 Å². The Morgan fingerprint density at radius 2 is 2.37 bits per heavy atom. The largest absolute Gasteiger partial charge is 0.364 e. The fourth-order valence-electron chi connectivity index (χ4n) is 3.18. The molecule has 6 heteroatoms. The molecule has 104 valence electrons. The highest BCUT2D eigenvalue weighted by Crippen LogP contribution is 2.33. The molecule has 2 fully saturated rings.